The summed E-state index contributed by atoms with van der Waals surface area (Å²) in [5.41, 5.74) is 2.46. The standard InChI is InChI=1S/C19H20ClN3O/c20-16-6-4-15(5-7-16)9-18(24)23-13-19(14-23)11-22(12-19)10-17-3-1-2-8-21-17/h1-8H,9-14H2. The smallest absolute Gasteiger partial charge is 0.227 e. The Bertz CT molecular complexity index is 718. The van der Waals surface area contributed by atoms with Crippen LogP contribution in [-0.4, -0.2) is 46.9 Å². The molecule has 4 nitrogen and oxygen atoms in total. The van der Waals surface area contributed by atoms with Gasteiger partial charge in [-0.05, 0) is 29.8 Å². The highest BCUT2D eigenvalue weighted by atomic mass is 35.5. The van der Waals surface area contributed by atoms with Crippen molar-refractivity contribution in [1.82, 2.24) is 14.8 Å². The lowest BCUT2D eigenvalue weighted by molar-refractivity contribution is -0.159. The first-order valence-corrected chi connectivity index (χ1v) is 8.64. The molecule has 2 aliphatic heterocycles. The Morgan fingerprint density at radius 3 is 2.50 bits per heavy atom. The summed E-state index contributed by atoms with van der Waals surface area (Å²) in [5, 5.41) is 0.705. The summed E-state index contributed by atoms with van der Waals surface area (Å²) in [7, 11) is 0. The predicted molar refractivity (Wildman–Crippen MR) is 93.7 cm³/mol. The topological polar surface area (TPSA) is 36.4 Å². The third-order valence-corrected chi connectivity index (χ3v) is 5.16. The van der Waals surface area contributed by atoms with E-state index < -0.39 is 0 Å². The summed E-state index contributed by atoms with van der Waals surface area (Å²) in [5.74, 6) is 0.214. The lowest BCUT2D eigenvalue weighted by atomic mass is 9.72. The van der Waals surface area contributed by atoms with Gasteiger partial charge >= 0.3 is 0 Å². The van der Waals surface area contributed by atoms with E-state index in [2.05, 4.69) is 16.0 Å². The number of rotatable bonds is 4. The minimum Gasteiger partial charge on any atom is -0.341 e. The predicted octanol–water partition coefficient (Wildman–Crippen LogP) is 2.62. The number of aromatic nitrogens is 1. The van der Waals surface area contributed by atoms with Crippen molar-refractivity contribution in [2.24, 2.45) is 5.41 Å². The molecule has 4 rings (SSSR count). The van der Waals surface area contributed by atoms with Crippen LogP contribution < -0.4 is 0 Å². The summed E-state index contributed by atoms with van der Waals surface area (Å²) >= 11 is 5.88. The van der Waals surface area contributed by atoms with Gasteiger partial charge in [-0.2, -0.15) is 0 Å². The van der Waals surface area contributed by atoms with E-state index in [4.69, 9.17) is 11.6 Å². The largest absolute Gasteiger partial charge is 0.341 e. The molecule has 2 saturated heterocycles. The van der Waals surface area contributed by atoms with Gasteiger partial charge in [0.2, 0.25) is 5.91 Å². The number of benzene rings is 1. The fourth-order valence-corrected chi connectivity index (χ4v) is 3.89. The fraction of sp³-hybridized carbons (Fsp3) is 0.368. The van der Waals surface area contributed by atoms with Gasteiger partial charge in [0.1, 0.15) is 0 Å². The van der Waals surface area contributed by atoms with Gasteiger partial charge < -0.3 is 4.90 Å². The molecule has 2 aliphatic rings. The molecule has 3 heterocycles. The molecular weight excluding hydrogens is 322 g/mol. The molecule has 0 aliphatic carbocycles. The third kappa shape index (κ3) is 3.17. The highest BCUT2D eigenvalue weighted by Crippen LogP contribution is 2.40. The molecular formula is C19H20ClN3O. The molecule has 0 unspecified atom stereocenters. The van der Waals surface area contributed by atoms with Crippen LogP contribution in [0.25, 0.3) is 0 Å². The second-order valence-electron chi connectivity index (χ2n) is 7.02. The van der Waals surface area contributed by atoms with Crippen molar-refractivity contribution in [3.8, 4) is 0 Å². The van der Waals surface area contributed by atoms with Crippen LogP contribution in [0.15, 0.2) is 48.7 Å². The van der Waals surface area contributed by atoms with E-state index in [1.54, 1.807) is 0 Å². The van der Waals surface area contributed by atoms with Crippen LogP contribution in [0.2, 0.25) is 5.02 Å². The van der Waals surface area contributed by atoms with Crippen molar-refractivity contribution >= 4 is 17.5 Å². The zero-order chi connectivity index (χ0) is 16.6. The summed E-state index contributed by atoms with van der Waals surface area (Å²) in [6.07, 6.45) is 2.30. The number of likely N-dealkylation sites (tertiary alicyclic amines) is 2. The van der Waals surface area contributed by atoms with E-state index in [9.17, 15) is 4.79 Å². The van der Waals surface area contributed by atoms with Crippen molar-refractivity contribution in [2.75, 3.05) is 26.2 Å². The lowest BCUT2D eigenvalue weighted by Crippen LogP contribution is -2.72. The number of halogens is 1. The first-order valence-electron chi connectivity index (χ1n) is 8.26. The first kappa shape index (κ1) is 15.6. The monoisotopic (exact) mass is 341 g/mol. The number of carbonyl (C=O) groups excluding carboxylic acids is 1. The number of hydrogen-bond acceptors (Lipinski definition) is 3. The van der Waals surface area contributed by atoms with Gasteiger partial charge in [0.05, 0.1) is 12.1 Å². The number of pyridine rings is 1. The maximum Gasteiger partial charge on any atom is 0.227 e. The molecule has 0 bridgehead atoms. The Kier molecular flexibility index (Phi) is 4.02. The molecule has 2 fully saturated rings. The van der Waals surface area contributed by atoms with Crippen molar-refractivity contribution in [1.29, 1.82) is 0 Å². The molecule has 24 heavy (non-hydrogen) atoms. The average molecular weight is 342 g/mol. The van der Waals surface area contributed by atoms with Crippen LogP contribution >= 0.6 is 11.6 Å². The Hall–Kier alpha value is -1.91. The minimum atomic E-state index is 0.214. The van der Waals surface area contributed by atoms with Gasteiger partial charge in [0.15, 0.2) is 0 Å². The van der Waals surface area contributed by atoms with Crippen LogP contribution in [-0.2, 0) is 17.8 Å². The van der Waals surface area contributed by atoms with Crippen LogP contribution in [0, 0.1) is 5.41 Å². The SMILES string of the molecule is O=C(Cc1ccc(Cl)cc1)N1CC2(CN(Cc3ccccn3)C2)C1. The summed E-state index contributed by atoms with van der Waals surface area (Å²) < 4.78 is 0. The van der Waals surface area contributed by atoms with E-state index in [1.807, 2.05) is 47.5 Å². The zero-order valence-electron chi connectivity index (χ0n) is 13.5. The molecule has 0 radical (unpaired) electrons. The second kappa shape index (κ2) is 6.19. The van der Waals surface area contributed by atoms with E-state index >= 15 is 0 Å². The van der Waals surface area contributed by atoms with Gasteiger partial charge in [-0.3, -0.25) is 14.7 Å². The number of nitrogens with zero attached hydrogens (tertiary/aromatic N) is 3. The van der Waals surface area contributed by atoms with Crippen molar-refractivity contribution < 1.29 is 4.79 Å². The average Bonchev–Trinajstić information content (AvgIpc) is 2.51. The molecule has 1 spiro atoms. The normalized spacial score (nSPS) is 19.0. The number of hydrogen-bond donors (Lipinski definition) is 0. The quantitative estimate of drug-likeness (QED) is 0.857. The molecule has 5 heteroatoms. The molecule has 1 amide bonds. The van der Waals surface area contributed by atoms with Gasteiger partial charge in [0.25, 0.3) is 0 Å². The Labute approximate surface area is 147 Å². The molecule has 124 valence electrons. The highest BCUT2D eigenvalue weighted by Gasteiger charge is 2.52. The molecule has 0 saturated carbocycles. The van der Waals surface area contributed by atoms with Crippen molar-refractivity contribution in [3.05, 3.63) is 64.9 Å². The lowest BCUT2D eigenvalue weighted by Gasteiger charge is -2.60. The van der Waals surface area contributed by atoms with Gasteiger partial charge in [0, 0.05) is 49.4 Å². The van der Waals surface area contributed by atoms with Crippen LogP contribution in [0.3, 0.4) is 0 Å². The molecule has 1 aromatic carbocycles. The van der Waals surface area contributed by atoms with Crippen LogP contribution in [0.4, 0.5) is 0 Å². The second-order valence-corrected chi connectivity index (χ2v) is 7.46. The number of carbonyl (C=O) groups is 1. The third-order valence-electron chi connectivity index (χ3n) is 4.90. The summed E-state index contributed by atoms with van der Waals surface area (Å²) in [6.45, 7) is 4.81. The Morgan fingerprint density at radius 1 is 1.08 bits per heavy atom. The first-order chi connectivity index (χ1) is 11.6. The van der Waals surface area contributed by atoms with E-state index in [-0.39, 0.29) is 5.91 Å². The Morgan fingerprint density at radius 2 is 1.83 bits per heavy atom. The van der Waals surface area contributed by atoms with E-state index in [1.165, 1.54) is 0 Å². The maximum atomic E-state index is 12.3. The summed E-state index contributed by atoms with van der Waals surface area (Å²) in [4.78, 5) is 21.1. The molecule has 0 atom stereocenters. The fourth-order valence-electron chi connectivity index (χ4n) is 3.76. The van der Waals surface area contributed by atoms with Gasteiger partial charge in [-0.25, -0.2) is 0 Å². The van der Waals surface area contributed by atoms with Crippen LogP contribution in [0.5, 0.6) is 0 Å². The van der Waals surface area contributed by atoms with Gasteiger partial charge in [-0.1, -0.05) is 29.8 Å². The van der Waals surface area contributed by atoms with Crippen LogP contribution in [0.1, 0.15) is 11.3 Å². The van der Waals surface area contributed by atoms with Crippen molar-refractivity contribution in [2.45, 2.75) is 13.0 Å². The van der Waals surface area contributed by atoms with E-state index in [0.717, 1.165) is 44.0 Å². The van der Waals surface area contributed by atoms with E-state index in [0.29, 0.717) is 16.9 Å². The number of amides is 1. The Balaban J connectivity index is 1.24. The molecule has 2 aromatic rings. The zero-order valence-corrected chi connectivity index (χ0v) is 14.2. The van der Waals surface area contributed by atoms with Crippen molar-refractivity contribution in [3.63, 3.8) is 0 Å². The minimum absolute atomic E-state index is 0.214. The van der Waals surface area contributed by atoms with Gasteiger partial charge in [-0.15, -0.1) is 0 Å². The molecule has 0 N–H and O–H groups in total. The molecule has 1 aromatic heterocycles. The maximum absolute atomic E-state index is 12.3. The summed E-state index contributed by atoms with van der Waals surface area (Å²) in [6, 6.07) is 13.6. The highest BCUT2D eigenvalue weighted by molar-refractivity contribution is 6.30.